The highest BCUT2D eigenvalue weighted by Gasteiger charge is 2.29. The Morgan fingerprint density at radius 3 is 1.83 bits per heavy atom. The first-order valence-electron chi connectivity index (χ1n) is 18.8. The van der Waals surface area contributed by atoms with Gasteiger partial charge in [-0.25, -0.2) is 0 Å². The Kier molecular flexibility index (Phi) is 6.85. The second-order valence-corrected chi connectivity index (χ2v) is 14.8. The van der Waals surface area contributed by atoms with Gasteiger partial charge in [-0.1, -0.05) is 182 Å². The molecule has 1 atom stereocenters. The molecule has 0 heterocycles. The van der Waals surface area contributed by atoms with Crippen LogP contribution in [0.3, 0.4) is 0 Å². The number of fused-ring (bicyclic) bond motifs is 8. The molecule has 0 aliphatic heterocycles. The smallest absolute Gasteiger partial charge is 0.0340 e. The van der Waals surface area contributed by atoms with E-state index < -0.39 is 0 Å². The van der Waals surface area contributed by atoms with E-state index in [0.717, 1.165) is 12.8 Å². The van der Waals surface area contributed by atoms with Crippen LogP contribution in [0.15, 0.2) is 188 Å². The van der Waals surface area contributed by atoms with Gasteiger partial charge in [0.2, 0.25) is 0 Å². The van der Waals surface area contributed by atoms with E-state index in [1.165, 1.54) is 105 Å². The summed E-state index contributed by atoms with van der Waals surface area (Å²) in [6.07, 6.45) is 1.90. The van der Waals surface area contributed by atoms with Gasteiger partial charge < -0.3 is 0 Å². The van der Waals surface area contributed by atoms with Crippen LogP contribution in [0.25, 0.3) is 66.1 Å². The van der Waals surface area contributed by atoms with E-state index in [4.69, 9.17) is 0 Å². The predicted molar refractivity (Wildman–Crippen MR) is 223 cm³/mol. The molecule has 2 aliphatic rings. The highest BCUT2D eigenvalue weighted by molar-refractivity contribution is 6.06. The third-order valence-corrected chi connectivity index (χ3v) is 11.9. The lowest BCUT2D eigenvalue weighted by Gasteiger charge is -2.21. The minimum absolute atomic E-state index is 0.105. The average Bonchev–Trinajstić information content (AvgIpc) is 3.79. The quantitative estimate of drug-likeness (QED) is 0.160. The van der Waals surface area contributed by atoms with Crippen molar-refractivity contribution in [3.63, 3.8) is 0 Å². The fraction of sp³-hybridized carbons (Fsp3) is 0.0566. The monoisotopic (exact) mass is 672 g/mol. The van der Waals surface area contributed by atoms with Gasteiger partial charge in [0.05, 0.1) is 0 Å². The molecule has 11 rings (SSSR count). The molecule has 0 radical (unpaired) electrons. The van der Waals surface area contributed by atoms with E-state index in [1.54, 1.807) is 0 Å². The highest BCUT2D eigenvalue weighted by Crippen LogP contribution is 2.50. The summed E-state index contributed by atoms with van der Waals surface area (Å²) < 4.78 is 0. The summed E-state index contributed by atoms with van der Waals surface area (Å²) in [6.45, 7) is 0. The average molecular weight is 673 g/mol. The van der Waals surface area contributed by atoms with Crippen molar-refractivity contribution in [3.05, 3.63) is 227 Å². The first kappa shape index (κ1) is 30.2. The van der Waals surface area contributed by atoms with Crippen LogP contribution in [0.5, 0.6) is 0 Å². The van der Waals surface area contributed by atoms with Gasteiger partial charge in [-0.2, -0.15) is 0 Å². The highest BCUT2D eigenvalue weighted by atomic mass is 14.3. The molecule has 1 unspecified atom stereocenters. The summed E-state index contributed by atoms with van der Waals surface area (Å²) in [5, 5.41) is 5.20. The Morgan fingerprint density at radius 2 is 0.943 bits per heavy atom. The van der Waals surface area contributed by atoms with Gasteiger partial charge in [-0.3, -0.25) is 0 Å². The van der Waals surface area contributed by atoms with Crippen molar-refractivity contribution in [3.8, 4) is 44.5 Å². The lowest BCUT2D eigenvalue weighted by molar-refractivity contribution is 0.976. The van der Waals surface area contributed by atoms with Crippen LogP contribution in [0.2, 0.25) is 0 Å². The molecule has 0 saturated heterocycles. The van der Waals surface area contributed by atoms with Gasteiger partial charge in [0.15, 0.2) is 0 Å². The molecule has 9 aromatic rings. The van der Waals surface area contributed by atoms with Crippen LogP contribution in [0.1, 0.15) is 44.9 Å². The largest absolute Gasteiger partial charge is 0.0622 e. The maximum Gasteiger partial charge on any atom is 0.0340 e. The van der Waals surface area contributed by atoms with Crippen molar-refractivity contribution < 1.29 is 0 Å². The van der Waals surface area contributed by atoms with Crippen LogP contribution >= 0.6 is 0 Å². The molecule has 0 N–H and O–H groups in total. The third kappa shape index (κ3) is 4.90. The van der Waals surface area contributed by atoms with E-state index in [0.29, 0.717) is 0 Å². The standard InChI is InChI=1S/C53H36/c1-2-11-34(12-3-1)36-21-24-37(25-22-36)52(41-26-23-35-13-4-5-14-38(35)29-41)42-27-28-45-43(30-42)33-51-49(45)32-40-16-7-9-18-46(40)53(51)48-20-10-19-47-44-17-8-6-15-39(44)31-50(47)48/h1-30,32,52H,31,33H2. The van der Waals surface area contributed by atoms with Crippen molar-refractivity contribution in [2.45, 2.75) is 18.8 Å². The van der Waals surface area contributed by atoms with Crippen molar-refractivity contribution >= 4 is 21.5 Å². The van der Waals surface area contributed by atoms with Gasteiger partial charge >= 0.3 is 0 Å². The molecule has 0 heteroatoms. The number of hydrogen-bond acceptors (Lipinski definition) is 0. The number of benzene rings is 9. The molecule has 0 fully saturated rings. The number of hydrogen-bond donors (Lipinski definition) is 0. The second-order valence-electron chi connectivity index (χ2n) is 14.8. The maximum absolute atomic E-state index is 2.51. The summed E-state index contributed by atoms with van der Waals surface area (Å²) in [4.78, 5) is 0. The molecule has 0 nitrogen and oxygen atoms in total. The maximum atomic E-state index is 2.51. The molecule has 2 aliphatic carbocycles. The van der Waals surface area contributed by atoms with Crippen molar-refractivity contribution in [1.82, 2.24) is 0 Å². The zero-order valence-corrected chi connectivity index (χ0v) is 29.4. The molecule has 0 amide bonds. The van der Waals surface area contributed by atoms with Crippen molar-refractivity contribution in [2.75, 3.05) is 0 Å². The first-order valence-corrected chi connectivity index (χ1v) is 18.8. The normalized spacial score (nSPS) is 13.1. The molecule has 248 valence electrons. The molecular formula is C53H36. The predicted octanol–water partition coefficient (Wildman–Crippen LogP) is 13.6. The Morgan fingerprint density at radius 1 is 0.321 bits per heavy atom. The van der Waals surface area contributed by atoms with Gasteiger partial charge in [-0.15, -0.1) is 0 Å². The van der Waals surface area contributed by atoms with E-state index in [-0.39, 0.29) is 5.92 Å². The minimum Gasteiger partial charge on any atom is -0.0622 e. The van der Waals surface area contributed by atoms with Gasteiger partial charge in [0, 0.05) is 5.92 Å². The Bertz CT molecular complexity index is 2870. The zero-order valence-electron chi connectivity index (χ0n) is 29.4. The van der Waals surface area contributed by atoms with E-state index in [2.05, 4.69) is 188 Å². The molecule has 53 heavy (non-hydrogen) atoms. The summed E-state index contributed by atoms with van der Waals surface area (Å²) in [6, 6.07) is 70.3. The first-order chi connectivity index (χ1) is 26.3. The van der Waals surface area contributed by atoms with Gasteiger partial charge in [-0.05, 0) is 124 Å². The summed E-state index contributed by atoms with van der Waals surface area (Å²) in [7, 11) is 0. The minimum atomic E-state index is 0.105. The van der Waals surface area contributed by atoms with Crippen LogP contribution in [0, 0.1) is 0 Å². The Hall–Kier alpha value is -6.50. The second kappa shape index (κ2) is 12.0. The Labute approximate surface area is 310 Å². The Balaban J connectivity index is 1.06. The lowest BCUT2D eigenvalue weighted by Crippen LogP contribution is -2.04. The SMILES string of the molecule is c1ccc(-c2ccc(C(c3ccc4c(c3)Cc3c-4cc4ccccc4c3-c3cccc4c3Cc3ccccc3-4)c3ccc4ccccc4c3)cc2)cc1. The molecule has 9 aromatic carbocycles. The van der Waals surface area contributed by atoms with Crippen LogP contribution in [0.4, 0.5) is 0 Å². The third-order valence-electron chi connectivity index (χ3n) is 11.9. The van der Waals surface area contributed by atoms with E-state index in [1.807, 2.05) is 0 Å². The van der Waals surface area contributed by atoms with E-state index in [9.17, 15) is 0 Å². The summed E-state index contributed by atoms with van der Waals surface area (Å²) in [5.41, 5.74) is 20.5. The fourth-order valence-electron chi connectivity index (χ4n) is 9.37. The molecule has 0 saturated carbocycles. The number of rotatable bonds is 5. The summed E-state index contributed by atoms with van der Waals surface area (Å²) in [5.74, 6) is 0.105. The van der Waals surface area contributed by atoms with E-state index >= 15 is 0 Å². The topological polar surface area (TPSA) is 0 Å². The van der Waals surface area contributed by atoms with Crippen molar-refractivity contribution in [2.24, 2.45) is 0 Å². The van der Waals surface area contributed by atoms with Crippen LogP contribution < -0.4 is 0 Å². The zero-order chi connectivity index (χ0) is 34.9. The molecule has 0 spiro atoms. The fourth-order valence-corrected chi connectivity index (χ4v) is 9.37. The van der Waals surface area contributed by atoms with Crippen molar-refractivity contribution in [1.29, 1.82) is 0 Å². The van der Waals surface area contributed by atoms with Gasteiger partial charge in [0.1, 0.15) is 0 Å². The molecule has 0 bridgehead atoms. The van der Waals surface area contributed by atoms with Crippen LogP contribution in [-0.2, 0) is 12.8 Å². The van der Waals surface area contributed by atoms with Crippen LogP contribution in [-0.4, -0.2) is 0 Å². The summed E-state index contributed by atoms with van der Waals surface area (Å²) >= 11 is 0. The van der Waals surface area contributed by atoms with Gasteiger partial charge in [0.25, 0.3) is 0 Å². The lowest BCUT2D eigenvalue weighted by atomic mass is 9.82. The molecular weight excluding hydrogens is 637 g/mol. The molecule has 0 aromatic heterocycles.